The van der Waals surface area contributed by atoms with E-state index in [9.17, 15) is 9.18 Å². The van der Waals surface area contributed by atoms with Crippen LogP contribution in [0.5, 0.6) is 0 Å². The summed E-state index contributed by atoms with van der Waals surface area (Å²) in [5, 5.41) is 10.2. The normalized spacial score (nSPS) is 10.5. The number of carbonyl (C=O) groups is 1. The van der Waals surface area contributed by atoms with Gasteiger partial charge in [0.1, 0.15) is 5.82 Å². The highest BCUT2D eigenvalue weighted by Gasteiger charge is 2.13. The Morgan fingerprint density at radius 1 is 1.17 bits per heavy atom. The van der Waals surface area contributed by atoms with Crippen LogP contribution in [0.25, 0.3) is 11.5 Å². The fourth-order valence-electron chi connectivity index (χ4n) is 1.92. The van der Waals surface area contributed by atoms with Crippen molar-refractivity contribution >= 4 is 23.7 Å². The Bertz CT molecular complexity index is 833. The van der Waals surface area contributed by atoms with E-state index in [0.717, 1.165) is 4.90 Å². The summed E-state index contributed by atoms with van der Waals surface area (Å²) in [5.74, 6) is -0.483. The zero-order chi connectivity index (χ0) is 16.2. The number of halogens is 1. The number of thioether (sulfide) groups is 1. The van der Waals surface area contributed by atoms with Crippen molar-refractivity contribution in [3.8, 4) is 11.5 Å². The lowest BCUT2D eigenvalue weighted by Gasteiger charge is -2.02. The summed E-state index contributed by atoms with van der Waals surface area (Å²) in [6, 6.07) is 12.8. The van der Waals surface area contributed by atoms with Crippen LogP contribution in [0.3, 0.4) is 0 Å². The van der Waals surface area contributed by atoms with Crippen LogP contribution < -0.4 is 5.32 Å². The highest BCUT2D eigenvalue weighted by Crippen LogP contribution is 2.21. The van der Waals surface area contributed by atoms with Crippen LogP contribution in [0.2, 0.25) is 0 Å². The fraction of sp³-hybridized carbons (Fsp3) is 0.0625. The first kappa shape index (κ1) is 15.2. The maximum absolute atomic E-state index is 12.9. The van der Waals surface area contributed by atoms with E-state index < -0.39 is 0 Å². The Morgan fingerprint density at radius 2 is 1.96 bits per heavy atom. The Morgan fingerprint density at radius 3 is 2.70 bits per heavy atom. The van der Waals surface area contributed by atoms with E-state index in [-0.39, 0.29) is 23.6 Å². The number of amides is 1. The molecule has 0 aliphatic rings. The van der Waals surface area contributed by atoms with Crippen LogP contribution in [0.1, 0.15) is 10.4 Å². The summed E-state index contributed by atoms with van der Waals surface area (Å²) in [7, 11) is 0. The van der Waals surface area contributed by atoms with E-state index in [0.29, 0.717) is 11.1 Å². The van der Waals surface area contributed by atoms with E-state index in [4.69, 9.17) is 4.42 Å². The SMILES string of the molecule is CSc1cccc(C(=O)Nc2nnc(-c3ccc(F)cc3)o2)c1. The van der Waals surface area contributed by atoms with E-state index in [2.05, 4.69) is 15.5 Å². The zero-order valence-electron chi connectivity index (χ0n) is 12.1. The summed E-state index contributed by atoms with van der Waals surface area (Å²) in [6.45, 7) is 0. The van der Waals surface area contributed by atoms with Crippen LogP contribution in [-0.2, 0) is 0 Å². The van der Waals surface area contributed by atoms with E-state index in [1.54, 1.807) is 30.0 Å². The monoisotopic (exact) mass is 329 g/mol. The van der Waals surface area contributed by atoms with Gasteiger partial charge < -0.3 is 4.42 Å². The number of aromatic nitrogens is 2. The molecule has 1 N–H and O–H groups in total. The van der Waals surface area contributed by atoms with Gasteiger partial charge >= 0.3 is 6.01 Å². The van der Waals surface area contributed by atoms with Crippen molar-refractivity contribution in [3.05, 3.63) is 59.9 Å². The van der Waals surface area contributed by atoms with Gasteiger partial charge in [-0.2, -0.15) is 0 Å². The van der Waals surface area contributed by atoms with Gasteiger partial charge in [-0.1, -0.05) is 11.2 Å². The largest absolute Gasteiger partial charge is 0.403 e. The lowest BCUT2D eigenvalue weighted by molar-refractivity contribution is 0.102. The molecule has 0 atom stereocenters. The number of hydrogen-bond donors (Lipinski definition) is 1. The van der Waals surface area contributed by atoms with Crippen molar-refractivity contribution in [2.24, 2.45) is 0 Å². The predicted octanol–water partition coefficient (Wildman–Crippen LogP) is 3.85. The van der Waals surface area contributed by atoms with Crippen molar-refractivity contribution in [2.45, 2.75) is 4.90 Å². The predicted molar refractivity (Wildman–Crippen MR) is 85.9 cm³/mol. The number of hydrogen-bond acceptors (Lipinski definition) is 5. The molecule has 0 saturated carbocycles. The second-order valence-corrected chi connectivity index (χ2v) is 5.48. The molecule has 0 unspecified atom stereocenters. The first-order chi connectivity index (χ1) is 11.2. The van der Waals surface area contributed by atoms with Crippen LogP contribution >= 0.6 is 11.8 Å². The van der Waals surface area contributed by atoms with Gasteiger partial charge in [-0.3, -0.25) is 10.1 Å². The van der Waals surface area contributed by atoms with Crippen molar-refractivity contribution in [2.75, 3.05) is 11.6 Å². The molecule has 5 nitrogen and oxygen atoms in total. The molecule has 0 saturated heterocycles. The molecule has 1 aromatic heterocycles. The number of rotatable bonds is 4. The van der Waals surface area contributed by atoms with E-state index >= 15 is 0 Å². The van der Waals surface area contributed by atoms with E-state index in [1.807, 2.05) is 12.3 Å². The van der Waals surface area contributed by atoms with Crippen molar-refractivity contribution < 1.29 is 13.6 Å². The van der Waals surface area contributed by atoms with E-state index in [1.165, 1.54) is 24.3 Å². The van der Waals surface area contributed by atoms with Gasteiger partial charge in [0, 0.05) is 16.0 Å². The summed E-state index contributed by atoms with van der Waals surface area (Å²) in [5.41, 5.74) is 1.07. The Kier molecular flexibility index (Phi) is 4.38. The van der Waals surface area contributed by atoms with Crippen molar-refractivity contribution in [3.63, 3.8) is 0 Å². The highest BCUT2D eigenvalue weighted by molar-refractivity contribution is 7.98. The molecular formula is C16H12FN3O2S. The van der Waals surface area contributed by atoms with Gasteiger partial charge in [0.05, 0.1) is 0 Å². The minimum Gasteiger partial charge on any atom is -0.403 e. The molecule has 1 heterocycles. The van der Waals surface area contributed by atoms with Gasteiger partial charge in [-0.25, -0.2) is 4.39 Å². The van der Waals surface area contributed by atoms with Gasteiger partial charge in [0.25, 0.3) is 5.91 Å². The number of carbonyl (C=O) groups excluding carboxylic acids is 1. The summed E-state index contributed by atoms with van der Waals surface area (Å²) >= 11 is 1.55. The molecule has 23 heavy (non-hydrogen) atoms. The van der Waals surface area contributed by atoms with Gasteiger partial charge in [0.2, 0.25) is 5.89 Å². The molecule has 0 radical (unpaired) electrons. The van der Waals surface area contributed by atoms with Crippen molar-refractivity contribution in [1.29, 1.82) is 0 Å². The van der Waals surface area contributed by atoms with Crippen LogP contribution in [0.4, 0.5) is 10.4 Å². The standard InChI is InChI=1S/C16H12FN3O2S/c1-23-13-4-2-3-11(9-13)14(21)18-16-20-19-15(22-16)10-5-7-12(17)8-6-10/h2-9H,1H3,(H,18,20,21). The Hall–Kier alpha value is -2.67. The number of nitrogens with zero attached hydrogens (tertiary/aromatic N) is 2. The van der Waals surface area contributed by atoms with Crippen LogP contribution in [0, 0.1) is 5.82 Å². The third-order valence-electron chi connectivity index (χ3n) is 3.07. The maximum Gasteiger partial charge on any atom is 0.322 e. The maximum atomic E-state index is 12.9. The Labute approximate surface area is 135 Å². The molecule has 3 rings (SSSR count). The van der Waals surface area contributed by atoms with Crippen molar-refractivity contribution in [1.82, 2.24) is 10.2 Å². The zero-order valence-corrected chi connectivity index (χ0v) is 12.9. The Balaban J connectivity index is 1.75. The number of nitrogens with one attached hydrogen (secondary N) is 1. The minimum atomic E-state index is -0.351. The second kappa shape index (κ2) is 6.62. The molecule has 1 amide bonds. The first-order valence-electron chi connectivity index (χ1n) is 6.70. The molecular weight excluding hydrogens is 317 g/mol. The lowest BCUT2D eigenvalue weighted by Crippen LogP contribution is -2.12. The topological polar surface area (TPSA) is 68.0 Å². The first-order valence-corrected chi connectivity index (χ1v) is 7.93. The molecule has 116 valence electrons. The smallest absolute Gasteiger partial charge is 0.322 e. The quantitative estimate of drug-likeness (QED) is 0.736. The average molecular weight is 329 g/mol. The molecule has 3 aromatic rings. The van der Waals surface area contributed by atoms with Gasteiger partial charge in [-0.05, 0) is 48.7 Å². The second-order valence-electron chi connectivity index (χ2n) is 4.61. The molecule has 7 heteroatoms. The van der Waals surface area contributed by atoms with Crippen LogP contribution in [-0.4, -0.2) is 22.4 Å². The molecule has 0 aliphatic carbocycles. The summed E-state index contributed by atoms with van der Waals surface area (Å²) < 4.78 is 18.3. The van der Waals surface area contributed by atoms with Gasteiger partial charge in [-0.15, -0.1) is 16.9 Å². The molecule has 0 spiro atoms. The van der Waals surface area contributed by atoms with Gasteiger partial charge in [0.15, 0.2) is 0 Å². The average Bonchev–Trinajstić information content (AvgIpc) is 3.04. The molecule has 2 aromatic carbocycles. The minimum absolute atomic E-state index is 0.0103. The highest BCUT2D eigenvalue weighted by atomic mass is 32.2. The molecule has 0 bridgehead atoms. The number of anilines is 1. The fourth-order valence-corrected chi connectivity index (χ4v) is 2.38. The third-order valence-corrected chi connectivity index (χ3v) is 3.79. The number of benzene rings is 2. The third kappa shape index (κ3) is 3.57. The lowest BCUT2D eigenvalue weighted by atomic mass is 10.2. The summed E-state index contributed by atoms with van der Waals surface area (Å²) in [4.78, 5) is 13.2. The summed E-state index contributed by atoms with van der Waals surface area (Å²) in [6.07, 6.45) is 1.93. The molecule has 0 fully saturated rings. The van der Waals surface area contributed by atoms with Crippen LogP contribution in [0.15, 0.2) is 57.8 Å². The molecule has 0 aliphatic heterocycles.